The minimum atomic E-state index is 0.256. The predicted octanol–water partition coefficient (Wildman–Crippen LogP) is 2.75. The molecule has 0 amide bonds. The highest BCUT2D eigenvalue weighted by atomic mass is 35.5. The Balaban J connectivity index is 2.47. The third-order valence-electron chi connectivity index (χ3n) is 1.57. The minimum Gasteiger partial charge on any atom is -0.334 e. The van der Waals surface area contributed by atoms with E-state index in [1.807, 2.05) is 0 Å². The first-order valence-electron chi connectivity index (χ1n) is 3.78. The van der Waals surface area contributed by atoms with Crippen LogP contribution in [0.25, 0.3) is 11.5 Å². The van der Waals surface area contributed by atoms with Crippen LogP contribution in [0, 0.1) is 6.92 Å². The predicted molar refractivity (Wildman–Crippen MR) is 52.3 cm³/mol. The summed E-state index contributed by atoms with van der Waals surface area (Å²) < 4.78 is 4.94. The third kappa shape index (κ3) is 1.71. The Morgan fingerprint density at radius 1 is 1.36 bits per heavy atom. The molecule has 2 rings (SSSR count). The lowest BCUT2D eigenvalue weighted by atomic mass is 10.3. The smallest absolute Gasteiger partial charge is 0.259 e. The zero-order valence-electron chi connectivity index (χ0n) is 7.16. The number of rotatable bonds is 1. The zero-order valence-corrected chi connectivity index (χ0v) is 8.67. The summed E-state index contributed by atoms with van der Waals surface area (Å²) in [5.41, 5.74) is 0.653. The molecule has 4 nitrogen and oxygen atoms in total. The summed E-state index contributed by atoms with van der Waals surface area (Å²) in [7, 11) is 0. The molecule has 72 valence electrons. The quantitative estimate of drug-likeness (QED) is 0.706. The van der Waals surface area contributed by atoms with Crippen LogP contribution in [0.4, 0.5) is 0 Å². The van der Waals surface area contributed by atoms with Crippen molar-refractivity contribution in [3.8, 4) is 11.5 Å². The monoisotopic (exact) mass is 229 g/mol. The van der Waals surface area contributed by atoms with Gasteiger partial charge in [-0.25, -0.2) is 4.98 Å². The van der Waals surface area contributed by atoms with Crippen LogP contribution >= 0.6 is 23.2 Å². The van der Waals surface area contributed by atoms with E-state index in [-0.39, 0.29) is 5.15 Å². The van der Waals surface area contributed by atoms with Crippen molar-refractivity contribution < 1.29 is 4.52 Å². The molecule has 0 aliphatic carbocycles. The summed E-state index contributed by atoms with van der Waals surface area (Å²) in [6, 6.07) is 1.63. The van der Waals surface area contributed by atoms with Crippen molar-refractivity contribution in [2.45, 2.75) is 6.92 Å². The van der Waals surface area contributed by atoms with Crippen LogP contribution in [-0.4, -0.2) is 15.1 Å². The molecule has 0 fully saturated rings. The molecular weight excluding hydrogens is 225 g/mol. The molecule has 0 N–H and O–H groups in total. The molecule has 0 saturated carbocycles. The second-order valence-electron chi connectivity index (χ2n) is 2.64. The maximum atomic E-state index is 5.79. The van der Waals surface area contributed by atoms with E-state index in [1.54, 1.807) is 13.0 Å². The number of aromatic nitrogens is 3. The molecule has 0 unspecified atom stereocenters. The average molecular weight is 230 g/mol. The third-order valence-corrected chi connectivity index (χ3v) is 2.26. The van der Waals surface area contributed by atoms with Gasteiger partial charge in [0.2, 0.25) is 0 Å². The van der Waals surface area contributed by atoms with Crippen molar-refractivity contribution in [3.63, 3.8) is 0 Å². The molecule has 0 bridgehead atoms. The van der Waals surface area contributed by atoms with Crippen molar-refractivity contribution in [3.05, 3.63) is 28.3 Å². The van der Waals surface area contributed by atoms with Crippen molar-refractivity contribution >= 4 is 23.2 Å². The first kappa shape index (κ1) is 9.43. The summed E-state index contributed by atoms with van der Waals surface area (Å²) in [5, 5.41) is 4.27. The van der Waals surface area contributed by atoms with Gasteiger partial charge >= 0.3 is 0 Å². The Hall–Kier alpha value is -1.13. The summed E-state index contributed by atoms with van der Waals surface area (Å²) in [5.74, 6) is 0.944. The topological polar surface area (TPSA) is 51.8 Å². The van der Waals surface area contributed by atoms with Gasteiger partial charge in [-0.2, -0.15) is 4.98 Å². The lowest BCUT2D eigenvalue weighted by molar-refractivity contribution is 0.425. The highest BCUT2D eigenvalue weighted by molar-refractivity contribution is 6.41. The van der Waals surface area contributed by atoms with Crippen molar-refractivity contribution in [2.75, 3.05) is 0 Å². The van der Waals surface area contributed by atoms with Crippen LogP contribution in [-0.2, 0) is 0 Å². The Morgan fingerprint density at radius 2 is 2.14 bits per heavy atom. The maximum Gasteiger partial charge on any atom is 0.259 e. The molecule has 2 aromatic heterocycles. The van der Waals surface area contributed by atoms with E-state index in [1.165, 1.54) is 6.20 Å². The number of nitrogens with zero attached hydrogens (tertiary/aromatic N) is 3. The average Bonchev–Trinajstić information content (AvgIpc) is 2.57. The van der Waals surface area contributed by atoms with E-state index in [4.69, 9.17) is 27.7 Å². The molecular formula is C8H5Cl2N3O. The van der Waals surface area contributed by atoms with Gasteiger partial charge < -0.3 is 4.52 Å². The number of aryl methyl sites for hydroxylation is 1. The first-order chi connectivity index (χ1) is 6.66. The second kappa shape index (κ2) is 3.55. The van der Waals surface area contributed by atoms with Crippen LogP contribution in [0.1, 0.15) is 5.82 Å². The Kier molecular flexibility index (Phi) is 2.39. The molecule has 0 aliphatic rings. The van der Waals surface area contributed by atoms with Crippen molar-refractivity contribution in [2.24, 2.45) is 0 Å². The molecule has 0 aliphatic heterocycles. The summed E-state index contributed by atoms with van der Waals surface area (Å²) in [6.07, 6.45) is 1.53. The minimum absolute atomic E-state index is 0.256. The van der Waals surface area contributed by atoms with Crippen LogP contribution in [0.2, 0.25) is 10.2 Å². The number of hydrogen-bond acceptors (Lipinski definition) is 4. The molecule has 14 heavy (non-hydrogen) atoms. The lowest BCUT2D eigenvalue weighted by Gasteiger charge is -1.96. The zero-order chi connectivity index (χ0) is 10.1. The van der Waals surface area contributed by atoms with E-state index in [9.17, 15) is 0 Å². The van der Waals surface area contributed by atoms with Crippen LogP contribution < -0.4 is 0 Å². The van der Waals surface area contributed by atoms with Crippen LogP contribution in [0.15, 0.2) is 16.8 Å². The van der Waals surface area contributed by atoms with Gasteiger partial charge in [0.1, 0.15) is 5.15 Å². The lowest BCUT2D eigenvalue weighted by Crippen LogP contribution is -1.82. The van der Waals surface area contributed by atoms with Gasteiger partial charge in [0.15, 0.2) is 5.82 Å². The normalized spacial score (nSPS) is 10.5. The molecule has 2 heterocycles. The van der Waals surface area contributed by atoms with Gasteiger partial charge in [-0.15, -0.1) is 0 Å². The van der Waals surface area contributed by atoms with E-state index < -0.39 is 0 Å². The van der Waals surface area contributed by atoms with Crippen molar-refractivity contribution in [1.82, 2.24) is 15.1 Å². The Bertz CT molecular complexity index is 469. The van der Waals surface area contributed by atoms with Gasteiger partial charge in [-0.3, -0.25) is 0 Å². The maximum absolute atomic E-state index is 5.79. The highest BCUT2D eigenvalue weighted by Gasteiger charge is 2.08. The number of pyridine rings is 1. The molecule has 2 aromatic rings. The molecule has 0 spiro atoms. The highest BCUT2D eigenvalue weighted by Crippen LogP contribution is 2.24. The SMILES string of the molecule is Cc1noc(-c2cnc(Cl)c(Cl)c2)n1. The summed E-state index contributed by atoms with van der Waals surface area (Å²) in [6.45, 7) is 1.73. The summed E-state index contributed by atoms with van der Waals surface area (Å²) >= 11 is 11.4. The number of halogens is 2. The van der Waals surface area contributed by atoms with Crippen LogP contribution in [0.3, 0.4) is 0 Å². The Labute approximate surface area is 89.9 Å². The molecule has 0 saturated heterocycles. The molecule has 0 aromatic carbocycles. The van der Waals surface area contributed by atoms with Gasteiger partial charge in [-0.05, 0) is 13.0 Å². The Morgan fingerprint density at radius 3 is 2.71 bits per heavy atom. The van der Waals surface area contributed by atoms with E-state index in [0.29, 0.717) is 22.3 Å². The van der Waals surface area contributed by atoms with Gasteiger partial charge in [0.05, 0.1) is 10.6 Å². The summed E-state index contributed by atoms with van der Waals surface area (Å²) in [4.78, 5) is 7.90. The van der Waals surface area contributed by atoms with E-state index >= 15 is 0 Å². The molecule has 0 atom stereocenters. The van der Waals surface area contributed by atoms with E-state index in [2.05, 4.69) is 15.1 Å². The van der Waals surface area contributed by atoms with Crippen molar-refractivity contribution in [1.29, 1.82) is 0 Å². The molecule has 0 radical (unpaired) electrons. The van der Waals surface area contributed by atoms with E-state index in [0.717, 1.165) is 0 Å². The first-order valence-corrected chi connectivity index (χ1v) is 4.54. The molecule has 6 heteroatoms. The van der Waals surface area contributed by atoms with Gasteiger partial charge in [-0.1, -0.05) is 28.4 Å². The fourth-order valence-electron chi connectivity index (χ4n) is 0.953. The van der Waals surface area contributed by atoms with Crippen LogP contribution in [0.5, 0.6) is 0 Å². The van der Waals surface area contributed by atoms with Gasteiger partial charge in [0, 0.05) is 6.20 Å². The number of hydrogen-bond donors (Lipinski definition) is 0. The largest absolute Gasteiger partial charge is 0.334 e. The fraction of sp³-hybridized carbons (Fsp3) is 0.125. The fourth-order valence-corrected chi connectivity index (χ4v) is 1.22. The second-order valence-corrected chi connectivity index (χ2v) is 3.41. The standard InChI is InChI=1S/C8H5Cl2N3O/c1-4-12-8(14-13-4)5-2-6(9)7(10)11-3-5/h2-3H,1H3. The van der Waals surface area contributed by atoms with Gasteiger partial charge in [0.25, 0.3) is 5.89 Å².